The summed E-state index contributed by atoms with van der Waals surface area (Å²) in [5, 5.41) is 2.73. The summed E-state index contributed by atoms with van der Waals surface area (Å²) in [5.41, 5.74) is 2.14. The summed E-state index contributed by atoms with van der Waals surface area (Å²) in [6.45, 7) is 10.1. The fraction of sp³-hybridized carbons (Fsp3) is 0.750. The van der Waals surface area contributed by atoms with E-state index in [4.69, 9.17) is 14.2 Å². The first kappa shape index (κ1) is 40.5. The Labute approximate surface area is 304 Å². The molecule has 292 valence electrons. The second kappa shape index (κ2) is 17.6. The first-order valence-corrected chi connectivity index (χ1v) is 19.3. The number of rotatable bonds is 16. The molecule has 4 aliphatic carbocycles. The van der Waals surface area contributed by atoms with Crippen LogP contribution in [0.25, 0.3) is 0 Å². The number of nitrogens with one attached hydrogen (secondary N) is 1. The summed E-state index contributed by atoms with van der Waals surface area (Å²) >= 11 is 0. The number of allylic oxidation sites excluding steroid dienone is 1. The van der Waals surface area contributed by atoms with Gasteiger partial charge in [-0.25, -0.2) is 18.0 Å². The van der Waals surface area contributed by atoms with E-state index in [-0.39, 0.29) is 44.5 Å². The monoisotopic (exact) mass is 741 g/mol. The molecule has 0 heterocycles. The number of halogens is 5. The van der Waals surface area contributed by atoms with Crippen LogP contribution >= 0.6 is 0 Å². The standard InChI is InChI=1S/C40H56F5NO6/c1-24(2)7-5-6-8-25-10-12-29-28-11-9-26-23-27(13-16-40(26,4)30(28)14-17-39(25,29)3)51-38(48)46-18-20-50-22-21-49-19-15-31(47)52-37-35(44)33(42)32(41)34(43)36(37)45/h9,24-25,27-30H,5-8,10-23H2,1-4H3,(H,46,48). The molecule has 0 aromatic heterocycles. The lowest BCUT2D eigenvalue weighted by molar-refractivity contribution is -0.136. The van der Waals surface area contributed by atoms with Crippen LogP contribution in [0.15, 0.2) is 11.6 Å². The third-order valence-electron chi connectivity index (χ3n) is 12.8. The number of fused-ring (bicyclic) bond motifs is 5. The zero-order valence-corrected chi connectivity index (χ0v) is 31.1. The third kappa shape index (κ3) is 8.96. The van der Waals surface area contributed by atoms with Crippen molar-refractivity contribution in [2.24, 2.45) is 40.4 Å². The van der Waals surface area contributed by atoms with Gasteiger partial charge in [-0.3, -0.25) is 4.79 Å². The molecular formula is C40H56F5NO6. The van der Waals surface area contributed by atoms with Gasteiger partial charge in [0.05, 0.1) is 32.8 Å². The molecular weight excluding hydrogens is 685 g/mol. The predicted octanol–water partition coefficient (Wildman–Crippen LogP) is 9.60. The number of unbranched alkanes of at least 4 members (excludes halogenated alkanes) is 1. The first-order valence-electron chi connectivity index (χ1n) is 19.3. The van der Waals surface area contributed by atoms with Crippen LogP contribution in [0.5, 0.6) is 5.75 Å². The van der Waals surface area contributed by atoms with Gasteiger partial charge in [0.2, 0.25) is 34.8 Å². The van der Waals surface area contributed by atoms with Crippen molar-refractivity contribution < 1.29 is 50.5 Å². The van der Waals surface area contributed by atoms with E-state index in [0.29, 0.717) is 11.3 Å². The SMILES string of the molecule is CC(C)CCCCC1CCC2C3CC=C4CC(OC(=O)NCCOCCOCCC(=O)Oc5c(F)c(F)c(F)c(F)c5F)CCC4(C)C3CCC12C. The number of hydrogen-bond donors (Lipinski definition) is 1. The lowest BCUT2D eigenvalue weighted by Gasteiger charge is -2.58. The van der Waals surface area contributed by atoms with E-state index in [1.165, 1.54) is 56.9 Å². The van der Waals surface area contributed by atoms with Crippen LogP contribution in [-0.4, -0.2) is 51.1 Å². The largest absolute Gasteiger partial charge is 0.446 e. The van der Waals surface area contributed by atoms with Crippen LogP contribution in [0, 0.1) is 69.5 Å². The van der Waals surface area contributed by atoms with Crippen molar-refractivity contribution in [2.45, 2.75) is 117 Å². The van der Waals surface area contributed by atoms with Gasteiger partial charge in [-0.1, -0.05) is 58.6 Å². The molecule has 12 heteroatoms. The lowest BCUT2D eigenvalue weighted by Crippen LogP contribution is -2.50. The van der Waals surface area contributed by atoms with E-state index in [1.807, 2.05) is 0 Å². The van der Waals surface area contributed by atoms with E-state index in [0.717, 1.165) is 49.4 Å². The van der Waals surface area contributed by atoms with E-state index >= 15 is 0 Å². The summed E-state index contributed by atoms with van der Waals surface area (Å²) in [6.07, 6.45) is 16.1. The Bertz CT molecular complexity index is 1430. The van der Waals surface area contributed by atoms with Crippen molar-refractivity contribution in [3.05, 3.63) is 40.7 Å². The second-order valence-electron chi connectivity index (χ2n) is 16.3. The van der Waals surface area contributed by atoms with Gasteiger partial charge in [0.15, 0.2) is 0 Å². The fourth-order valence-corrected chi connectivity index (χ4v) is 9.99. The Balaban J connectivity index is 0.955. The highest BCUT2D eigenvalue weighted by Crippen LogP contribution is 2.66. The molecule has 7 unspecified atom stereocenters. The van der Waals surface area contributed by atoms with Crippen molar-refractivity contribution >= 4 is 12.1 Å². The maximum Gasteiger partial charge on any atom is 0.407 e. The predicted molar refractivity (Wildman–Crippen MR) is 185 cm³/mol. The van der Waals surface area contributed by atoms with E-state index in [1.54, 1.807) is 0 Å². The van der Waals surface area contributed by atoms with Crippen LogP contribution < -0.4 is 10.1 Å². The van der Waals surface area contributed by atoms with Crippen molar-refractivity contribution in [2.75, 3.05) is 33.0 Å². The van der Waals surface area contributed by atoms with Gasteiger partial charge in [0.1, 0.15) is 6.10 Å². The average molecular weight is 742 g/mol. The molecule has 1 amide bonds. The van der Waals surface area contributed by atoms with Crippen LogP contribution in [0.2, 0.25) is 0 Å². The van der Waals surface area contributed by atoms with Gasteiger partial charge in [-0.2, -0.15) is 8.78 Å². The Morgan fingerprint density at radius 3 is 2.25 bits per heavy atom. The molecule has 0 saturated heterocycles. The number of hydrogen-bond acceptors (Lipinski definition) is 6. The van der Waals surface area contributed by atoms with Gasteiger partial charge in [0.25, 0.3) is 0 Å². The zero-order chi connectivity index (χ0) is 37.6. The lowest BCUT2D eigenvalue weighted by atomic mass is 9.47. The zero-order valence-electron chi connectivity index (χ0n) is 31.1. The smallest absolute Gasteiger partial charge is 0.407 e. The quantitative estimate of drug-likeness (QED) is 0.0346. The minimum Gasteiger partial charge on any atom is -0.446 e. The number of carbonyl (C=O) groups excluding carboxylic acids is 2. The van der Waals surface area contributed by atoms with Gasteiger partial charge in [0, 0.05) is 13.0 Å². The van der Waals surface area contributed by atoms with Crippen LogP contribution in [0.3, 0.4) is 0 Å². The van der Waals surface area contributed by atoms with E-state index < -0.39 is 53.3 Å². The summed E-state index contributed by atoms with van der Waals surface area (Å²) in [5.74, 6) is -10.2. The van der Waals surface area contributed by atoms with Crippen LogP contribution in [0.4, 0.5) is 26.7 Å². The number of alkyl carbamates (subject to hydrolysis) is 1. The first-order chi connectivity index (χ1) is 24.8. The number of esters is 1. The summed E-state index contributed by atoms with van der Waals surface area (Å²) in [7, 11) is 0. The molecule has 0 spiro atoms. The van der Waals surface area contributed by atoms with Crippen LogP contribution in [0.1, 0.15) is 111 Å². The molecule has 1 aromatic rings. The summed E-state index contributed by atoms with van der Waals surface area (Å²) in [6, 6.07) is 0. The average Bonchev–Trinajstić information content (AvgIpc) is 3.45. The number of ether oxygens (including phenoxy) is 4. The van der Waals surface area contributed by atoms with Gasteiger partial charge < -0.3 is 24.3 Å². The molecule has 0 aliphatic heterocycles. The number of amides is 1. The summed E-state index contributed by atoms with van der Waals surface area (Å²) < 4.78 is 87.7. The highest BCUT2D eigenvalue weighted by atomic mass is 19.2. The molecule has 7 atom stereocenters. The molecule has 4 aliphatic rings. The Hall–Kier alpha value is -2.73. The Morgan fingerprint density at radius 1 is 0.846 bits per heavy atom. The minimum atomic E-state index is -2.34. The maximum absolute atomic E-state index is 13.7. The molecule has 7 nitrogen and oxygen atoms in total. The molecule has 1 aromatic carbocycles. The minimum absolute atomic E-state index is 0.0526. The molecule has 3 saturated carbocycles. The van der Waals surface area contributed by atoms with Gasteiger partial charge >= 0.3 is 12.1 Å². The topological polar surface area (TPSA) is 83.1 Å². The Kier molecular flexibility index (Phi) is 13.7. The van der Waals surface area contributed by atoms with Crippen molar-refractivity contribution in [1.29, 1.82) is 0 Å². The van der Waals surface area contributed by atoms with Crippen LogP contribution in [-0.2, 0) is 19.0 Å². The Morgan fingerprint density at radius 2 is 1.54 bits per heavy atom. The second-order valence-corrected chi connectivity index (χ2v) is 16.3. The van der Waals surface area contributed by atoms with Crippen molar-refractivity contribution in [3.8, 4) is 5.75 Å². The fourth-order valence-electron chi connectivity index (χ4n) is 9.99. The highest BCUT2D eigenvalue weighted by Gasteiger charge is 2.58. The summed E-state index contributed by atoms with van der Waals surface area (Å²) in [4.78, 5) is 24.4. The molecule has 0 radical (unpaired) electrons. The molecule has 3 fully saturated rings. The van der Waals surface area contributed by atoms with Gasteiger partial charge in [-0.05, 0) is 91.8 Å². The van der Waals surface area contributed by atoms with Gasteiger partial charge in [-0.15, -0.1) is 0 Å². The normalized spacial score (nSPS) is 29.6. The van der Waals surface area contributed by atoms with E-state index in [9.17, 15) is 31.5 Å². The number of carbonyl (C=O) groups is 2. The maximum atomic E-state index is 13.7. The highest BCUT2D eigenvalue weighted by molar-refractivity contribution is 5.72. The molecule has 0 bridgehead atoms. The molecule has 5 rings (SSSR count). The third-order valence-corrected chi connectivity index (χ3v) is 12.8. The van der Waals surface area contributed by atoms with Crippen molar-refractivity contribution in [3.63, 3.8) is 0 Å². The molecule has 1 N–H and O–H groups in total. The molecule has 52 heavy (non-hydrogen) atoms. The number of benzene rings is 1. The van der Waals surface area contributed by atoms with E-state index in [2.05, 4.69) is 43.8 Å². The van der Waals surface area contributed by atoms with Crippen molar-refractivity contribution in [1.82, 2.24) is 5.32 Å².